The lowest BCUT2D eigenvalue weighted by molar-refractivity contribution is -0.142. The van der Waals surface area contributed by atoms with Crippen LogP contribution >= 0.6 is 0 Å². The second-order valence-electron chi connectivity index (χ2n) is 20.8. The van der Waals surface area contributed by atoms with Crippen molar-refractivity contribution in [3.8, 4) is 29.4 Å². The third-order valence-electron chi connectivity index (χ3n) is 15.3. The topological polar surface area (TPSA) is 177 Å². The molecule has 7 heterocycles. The number of aromatic amines is 1. The number of piperazine rings is 1. The minimum absolute atomic E-state index is 0.0269. The molecule has 5 aliphatic rings. The fourth-order valence-electron chi connectivity index (χ4n) is 11.4. The highest BCUT2D eigenvalue weighted by Crippen LogP contribution is 2.39. The first kappa shape index (κ1) is 47.5. The number of aliphatic hydroxyl groups excluding tert-OH is 1. The number of hydrogen-bond acceptors (Lipinski definition) is 11. The monoisotopic (exact) mass is 928 g/mol. The number of benzene rings is 2. The molecule has 0 spiro atoms. The van der Waals surface area contributed by atoms with Gasteiger partial charge in [-0.1, -0.05) is 51.0 Å². The van der Waals surface area contributed by atoms with Crippen LogP contribution in [-0.4, -0.2) is 175 Å². The largest absolute Gasteiger partial charge is 0.507 e. The third-order valence-corrected chi connectivity index (χ3v) is 15.3. The van der Waals surface area contributed by atoms with Crippen LogP contribution in [0.15, 0.2) is 54.6 Å². The molecule has 68 heavy (non-hydrogen) atoms. The highest BCUT2D eigenvalue weighted by atomic mass is 16.3. The van der Waals surface area contributed by atoms with Gasteiger partial charge < -0.3 is 40.5 Å². The van der Waals surface area contributed by atoms with E-state index in [1.807, 2.05) is 63.2 Å². The molecule has 5 N–H and O–H groups in total. The molecule has 16 heteroatoms. The lowest BCUT2D eigenvalue weighted by Crippen LogP contribution is -2.61. The summed E-state index contributed by atoms with van der Waals surface area (Å²) in [4.78, 5) is 58.6. The van der Waals surface area contributed by atoms with E-state index in [0.717, 1.165) is 107 Å². The van der Waals surface area contributed by atoms with Gasteiger partial charge in [0.1, 0.15) is 17.8 Å². The molecule has 0 aliphatic carbocycles. The van der Waals surface area contributed by atoms with Crippen LogP contribution in [-0.2, 0) is 22.6 Å². The highest BCUT2D eigenvalue weighted by Gasteiger charge is 2.45. The van der Waals surface area contributed by atoms with Gasteiger partial charge in [-0.2, -0.15) is 0 Å². The van der Waals surface area contributed by atoms with Gasteiger partial charge in [0.2, 0.25) is 11.8 Å². The van der Waals surface area contributed by atoms with E-state index in [1.165, 1.54) is 16.2 Å². The van der Waals surface area contributed by atoms with Crippen molar-refractivity contribution in [2.75, 3.05) is 72.1 Å². The van der Waals surface area contributed by atoms with Crippen LogP contribution in [0.3, 0.4) is 0 Å². The summed E-state index contributed by atoms with van der Waals surface area (Å²) in [5, 5.41) is 37.2. The summed E-state index contributed by atoms with van der Waals surface area (Å²) < 4.78 is 0. The van der Waals surface area contributed by atoms with Gasteiger partial charge in [0.15, 0.2) is 5.65 Å². The Balaban J connectivity index is 0.712. The molecule has 0 unspecified atom stereocenters. The summed E-state index contributed by atoms with van der Waals surface area (Å²) in [6.07, 6.45) is 10.4. The number of nitrogens with one attached hydrogen (secondary N) is 3. The third kappa shape index (κ3) is 10.2. The Morgan fingerprint density at radius 3 is 2.28 bits per heavy atom. The molecular formula is C52H69N11O5. The van der Waals surface area contributed by atoms with Gasteiger partial charge in [0.05, 0.1) is 18.5 Å². The van der Waals surface area contributed by atoms with Crippen molar-refractivity contribution in [1.82, 2.24) is 55.2 Å². The van der Waals surface area contributed by atoms with Gasteiger partial charge in [-0.15, -0.1) is 16.6 Å². The Bertz CT molecular complexity index is 2470. The van der Waals surface area contributed by atoms with E-state index in [1.54, 1.807) is 11.0 Å². The lowest BCUT2D eigenvalue weighted by Gasteiger charge is -2.47. The molecule has 4 atom stereocenters. The van der Waals surface area contributed by atoms with Crippen LogP contribution in [0.5, 0.6) is 5.75 Å². The molecule has 4 aromatic rings. The number of fused-ring (bicyclic) bond motifs is 3. The molecule has 0 saturated carbocycles. The zero-order valence-electron chi connectivity index (χ0n) is 40.2. The fourth-order valence-corrected chi connectivity index (χ4v) is 11.4. The number of phenolic OH excluding ortho intramolecular Hbond substituents is 1. The van der Waals surface area contributed by atoms with Crippen molar-refractivity contribution in [3.63, 3.8) is 0 Å². The number of hydrogen-bond donors (Lipinski definition) is 5. The Labute approximate surface area is 400 Å². The number of para-hydroxylation sites is 1. The number of terminal acetylenes is 1. The zero-order chi connectivity index (χ0) is 47.7. The number of amides is 4. The Morgan fingerprint density at radius 1 is 0.897 bits per heavy atom. The molecule has 0 radical (unpaired) electrons. The lowest BCUT2D eigenvalue weighted by atomic mass is 9.85. The van der Waals surface area contributed by atoms with E-state index in [-0.39, 0.29) is 49.1 Å². The van der Waals surface area contributed by atoms with E-state index < -0.39 is 23.6 Å². The molecule has 4 amide bonds. The van der Waals surface area contributed by atoms with E-state index in [0.29, 0.717) is 36.4 Å². The highest BCUT2D eigenvalue weighted by molar-refractivity contribution is 5.93. The maximum atomic E-state index is 14.2. The van der Waals surface area contributed by atoms with Crippen molar-refractivity contribution >= 4 is 28.9 Å². The number of nitrogens with zero attached hydrogens (tertiary/aromatic N) is 8. The van der Waals surface area contributed by atoms with Crippen LogP contribution in [0.25, 0.3) is 22.3 Å². The number of aliphatic hydroxyl groups is 1. The number of aromatic nitrogens is 3. The second-order valence-corrected chi connectivity index (χ2v) is 20.8. The SMILES string of the molecule is C#Cc1ccc(CNC(=O)[C@@H]2C[C@@H](O)CN2C(=O)[C@@H](NC(=O)N2CCN(CN3CCC(N4CCC(N5CCc6[nH]c7nnc(-c8ccccc8O)cc7c6[C@H]5C)CC4)CC3)CC2)C(C)(C)C)cc1. The van der Waals surface area contributed by atoms with Gasteiger partial charge in [-0.3, -0.25) is 24.3 Å². The second kappa shape index (κ2) is 20.2. The first-order chi connectivity index (χ1) is 32.7. The molecule has 2 aromatic heterocycles. The maximum Gasteiger partial charge on any atom is 0.318 e. The number of β-amino-alcohol motifs (C(OH)–C–C–N with tert-alkyl or cyclic N) is 1. The number of aromatic hydroxyl groups is 1. The zero-order valence-corrected chi connectivity index (χ0v) is 40.2. The molecule has 0 bridgehead atoms. The van der Waals surface area contributed by atoms with Gasteiger partial charge in [0.25, 0.3) is 0 Å². The maximum absolute atomic E-state index is 14.2. The smallest absolute Gasteiger partial charge is 0.318 e. The average molecular weight is 928 g/mol. The van der Waals surface area contributed by atoms with Crippen molar-refractivity contribution in [2.24, 2.45) is 5.41 Å². The van der Waals surface area contributed by atoms with Crippen LogP contribution in [0, 0.1) is 17.8 Å². The van der Waals surface area contributed by atoms with Crippen molar-refractivity contribution in [1.29, 1.82) is 0 Å². The van der Waals surface area contributed by atoms with Crippen LogP contribution in [0.1, 0.15) is 88.2 Å². The minimum Gasteiger partial charge on any atom is -0.507 e. The molecule has 9 rings (SSSR count). The van der Waals surface area contributed by atoms with Crippen LogP contribution in [0.2, 0.25) is 0 Å². The van der Waals surface area contributed by atoms with Gasteiger partial charge in [-0.05, 0) is 92.6 Å². The van der Waals surface area contributed by atoms with E-state index in [2.05, 4.69) is 64.3 Å². The van der Waals surface area contributed by atoms with E-state index >= 15 is 0 Å². The molecule has 4 saturated heterocycles. The standard InChI is InChI=1S/C52H69N11O5/c1-6-35-11-13-36(14-12-35)31-53-49(66)44-29-39(64)32-63(44)50(67)47(52(3,4)5)55-51(68)61-27-25-59(26-28-61)33-58-20-15-37(16-21-58)60-22-17-38(18-23-60)62-24-19-42-46(34(62)2)41-30-43(56-57-48(41)54-42)40-9-7-8-10-45(40)65/h1,7-14,30,34,37-39,44,47,64-65H,15-29,31-33H2,2-5H3,(H,53,66)(H,54,57)(H,55,68)/t34-,39-,44+,47-/m1/s1. The van der Waals surface area contributed by atoms with E-state index in [4.69, 9.17) is 6.42 Å². The molecule has 2 aromatic carbocycles. The summed E-state index contributed by atoms with van der Waals surface area (Å²) in [7, 11) is 0. The summed E-state index contributed by atoms with van der Waals surface area (Å²) in [6.45, 7) is 17.2. The fraction of sp³-hybridized carbons (Fsp3) is 0.558. The molecular weight excluding hydrogens is 859 g/mol. The number of rotatable bonds is 10. The first-order valence-electron chi connectivity index (χ1n) is 24.7. The van der Waals surface area contributed by atoms with Crippen LogP contribution in [0.4, 0.5) is 4.79 Å². The Morgan fingerprint density at radius 2 is 1.59 bits per heavy atom. The minimum atomic E-state index is -0.888. The number of carbonyl (C=O) groups excluding carboxylic acids is 3. The average Bonchev–Trinajstić information content (AvgIpc) is 3.93. The van der Waals surface area contributed by atoms with Crippen molar-refractivity contribution < 1.29 is 24.6 Å². The number of H-pyrrole nitrogens is 1. The number of urea groups is 1. The molecule has 5 aliphatic heterocycles. The summed E-state index contributed by atoms with van der Waals surface area (Å²) in [5.41, 5.74) is 5.74. The molecule has 16 nitrogen and oxygen atoms in total. The van der Waals surface area contributed by atoms with Crippen LogP contribution < -0.4 is 10.6 Å². The number of likely N-dealkylation sites (tertiary alicyclic amines) is 3. The predicted octanol–water partition coefficient (Wildman–Crippen LogP) is 4.14. The number of phenols is 1. The molecule has 362 valence electrons. The summed E-state index contributed by atoms with van der Waals surface area (Å²) >= 11 is 0. The normalized spacial score (nSPS) is 23.3. The quantitative estimate of drug-likeness (QED) is 0.145. The van der Waals surface area contributed by atoms with Gasteiger partial charge in [-0.25, -0.2) is 4.79 Å². The predicted molar refractivity (Wildman–Crippen MR) is 261 cm³/mol. The number of carbonyl (C=O) groups is 3. The van der Waals surface area contributed by atoms with E-state index in [9.17, 15) is 24.6 Å². The summed E-state index contributed by atoms with van der Waals surface area (Å²) in [6, 6.07) is 16.1. The number of piperidine rings is 2. The van der Waals surface area contributed by atoms with Crippen molar-refractivity contribution in [2.45, 2.75) is 109 Å². The van der Waals surface area contributed by atoms with Gasteiger partial charge in [0, 0.05) is 112 Å². The molecule has 4 fully saturated rings. The van der Waals surface area contributed by atoms with Gasteiger partial charge >= 0.3 is 6.03 Å². The summed E-state index contributed by atoms with van der Waals surface area (Å²) in [5.74, 6) is 2.08. The first-order valence-corrected chi connectivity index (χ1v) is 24.7. The Hall–Kier alpha value is -5.57. The Kier molecular flexibility index (Phi) is 14.1. The van der Waals surface area contributed by atoms with Crippen molar-refractivity contribution in [3.05, 3.63) is 77.0 Å².